The third-order valence-electron chi connectivity index (χ3n) is 4.28. The first-order chi connectivity index (χ1) is 10.9. The fraction of sp³-hybridized carbons (Fsp3) is 0.529. The molecule has 1 aromatic carbocycles. The molecule has 23 heavy (non-hydrogen) atoms. The van der Waals surface area contributed by atoms with Gasteiger partial charge in [0.05, 0.1) is 6.04 Å². The van der Waals surface area contributed by atoms with Gasteiger partial charge in [0.25, 0.3) is 0 Å². The minimum atomic E-state index is -0.0702. The highest BCUT2D eigenvalue weighted by Gasteiger charge is 2.28. The second kappa shape index (κ2) is 7.81. The van der Waals surface area contributed by atoms with Gasteiger partial charge < -0.3 is 15.1 Å². The summed E-state index contributed by atoms with van der Waals surface area (Å²) in [5.74, 6) is 0.196. The van der Waals surface area contributed by atoms with Gasteiger partial charge in [-0.2, -0.15) is 0 Å². The first-order valence-electron chi connectivity index (χ1n) is 7.91. The van der Waals surface area contributed by atoms with Crippen molar-refractivity contribution in [2.45, 2.75) is 25.8 Å². The minimum absolute atomic E-state index is 0.0368. The van der Waals surface area contributed by atoms with Crippen molar-refractivity contribution in [3.63, 3.8) is 0 Å². The summed E-state index contributed by atoms with van der Waals surface area (Å²) in [7, 11) is 3.56. The van der Waals surface area contributed by atoms with Crippen LogP contribution in [0.2, 0.25) is 0 Å². The summed E-state index contributed by atoms with van der Waals surface area (Å²) in [6.45, 7) is 3.22. The average Bonchev–Trinajstić information content (AvgIpc) is 2.54. The van der Waals surface area contributed by atoms with Crippen LogP contribution in [0.5, 0.6) is 0 Å². The molecule has 0 saturated carbocycles. The molecule has 126 valence electrons. The zero-order valence-corrected chi connectivity index (χ0v) is 15.5. The van der Waals surface area contributed by atoms with Crippen LogP contribution in [-0.4, -0.2) is 48.9 Å². The lowest BCUT2D eigenvalue weighted by Gasteiger charge is -2.33. The molecule has 2 rings (SSSR count). The molecule has 1 unspecified atom stereocenters. The normalized spacial score (nSPS) is 16.8. The molecule has 0 aromatic heterocycles. The molecular weight excluding hydrogens is 358 g/mol. The number of benzene rings is 1. The number of amides is 3. The van der Waals surface area contributed by atoms with Crippen molar-refractivity contribution in [3.05, 3.63) is 34.3 Å². The molecule has 6 heteroatoms. The third kappa shape index (κ3) is 4.47. The summed E-state index contributed by atoms with van der Waals surface area (Å²) in [4.78, 5) is 27.8. The maximum absolute atomic E-state index is 12.4. The van der Waals surface area contributed by atoms with Gasteiger partial charge in [0.2, 0.25) is 5.91 Å². The molecule has 1 aromatic rings. The summed E-state index contributed by atoms with van der Waals surface area (Å²) >= 11 is 3.51. The quantitative estimate of drug-likeness (QED) is 0.874. The van der Waals surface area contributed by atoms with Crippen molar-refractivity contribution in [3.8, 4) is 0 Å². The topological polar surface area (TPSA) is 52.7 Å². The van der Waals surface area contributed by atoms with Gasteiger partial charge in [0, 0.05) is 37.6 Å². The van der Waals surface area contributed by atoms with Crippen LogP contribution in [0.25, 0.3) is 0 Å². The molecule has 0 aliphatic carbocycles. The van der Waals surface area contributed by atoms with Gasteiger partial charge in [-0.1, -0.05) is 34.1 Å². The standard InChI is InChI=1S/C17H24BrN3O2/c1-12(14-6-4-5-7-15(14)18)19-17(23)21-10-8-13(9-11-21)16(22)20(2)3/h4-7,12-13H,8-11H2,1-3H3,(H,19,23). The highest BCUT2D eigenvalue weighted by atomic mass is 79.9. The number of likely N-dealkylation sites (tertiary alicyclic amines) is 1. The molecule has 1 heterocycles. The highest BCUT2D eigenvalue weighted by molar-refractivity contribution is 9.10. The second-order valence-electron chi connectivity index (χ2n) is 6.19. The SMILES string of the molecule is CC(NC(=O)N1CCC(C(=O)N(C)C)CC1)c1ccccc1Br. The molecule has 0 bridgehead atoms. The van der Waals surface area contributed by atoms with Gasteiger partial charge in [0.15, 0.2) is 0 Å². The van der Waals surface area contributed by atoms with E-state index in [4.69, 9.17) is 0 Å². The number of rotatable bonds is 3. The predicted molar refractivity (Wildman–Crippen MR) is 94.1 cm³/mol. The van der Waals surface area contributed by atoms with Crippen molar-refractivity contribution in [2.24, 2.45) is 5.92 Å². The Morgan fingerprint density at radius 2 is 1.87 bits per heavy atom. The Kier molecular flexibility index (Phi) is 6.04. The van der Waals surface area contributed by atoms with E-state index in [0.29, 0.717) is 13.1 Å². The molecule has 1 saturated heterocycles. The zero-order valence-electron chi connectivity index (χ0n) is 13.9. The van der Waals surface area contributed by atoms with Gasteiger partial charge >= 0.3 is 6.03 Å². The molecule has 0 spiro atoms. The van der Waals surface area contributed by atoms with Crippen LogP contribution in [-0.2, 0) is 4.79 Å². The fourth-order valence-corrected chi connectivity index (χ4v) is 3.50. The molecule has 1 atom stereocenters. The first-order valence-corrected chi connectivity index (χ1v) is 8.70. The number of piperidine rings is 1. The van der Waals surface area contributed by atoms with Crippen molar-refractivity contribution in [1.82, 2.24) is 15.1 Å². The van der Waals surface area contributed by atoms with Crippen molar-refractivity contribution in [2.75, 3.05) is 27.2 Å². The van der Waals surface area contributed by atoms with Gasteiger partial charge in [-0.15, -0.1) is 0 Å². The number of nitrogens with one attached hydrogen (secondary N) is 1. The van der Waals surface area contributed by atoms with Crippen molar-refractivity contribution in [1.29, 1.82) is 0 Å². The lowest BCUT2D eigenvalue weighted by molar-refractivity contribution is -0.134. The smallest absolute Gasteiger partial charge is 0.317 e. The van der Waals surface area contributed by atoms with Crippen LogP contribution in [0.4, 0.5) is 4.79 Å². The van der Waals surface area contributed by atoms with E-state index < -0.39 is 0 Å². The Hall–Kier alpha value is -1.56. The predicted octanol–water partition coefficient (Wildman–Crippen LogP) is 3.02. The summed E-state index contributed by atoms with van der Waals surface area (Å²) in [6.07, 6.45) is 1.46. The minimum Gasteiger partial charge on any atom is -0.349 e. The highest BCUT2D eigenvalue weighted by Crippen LogP contribution is 2.24. The Bertz CT molecular complexity index is 569. The van der Waals surface area contributed by atoms with E-state index in [9.17, 15) is 9.59 Å². The maximum atomic E-state index is 12.4. The van der Waals surface area contributed by atoms with Gasteiger partial charge in [-0.05, 0) is 31.4 Å². The van der Waals surface area contributed by atoms with Crippen LogP contribution >= 0.6 is 15.9 Å². The van der Waals surface area contributed by atoms with Crippen LogP contribution in [0.15, 0.2) is 28.7 Å². The molecular formula is C17H24BrN3O2. The maximum Gasteiger partial charge on any atom is 0.317 e. The zero-order chi connectivity index (χ0) is 17.0. The summed E-state index contributed by atoms with van der Waals surface area (Å²) in [6, 6.07) is 7.74. The number of hydrogen-bond acceptors (Lipinski definition) is 2. The summed E-state index contributed by atoms with van der Waals surface area (Å²) in [5, 5.41) is 3.04. The van der Waals surface area contributed by atoms with Crippen LogP contribution < -0.4 is 5.32 Å². The fourth-order valence-electron chi connectivity index (χ4n) is 2.88. The summed E-state index contributed by atoms with van der Waals surface area (Å²) < 4.78 is 0.989. The number of carbonyl (C=O) groups is 2. The largest absolute Gasteiger partial charge is 0.349 e. The molecule has 1 N–H and O–H groups in total. The van der Waals surface area contributed by atoms with E-state index in [1.165, 1.54) is 0 Å². The molecule has 0 radical (unpaired) electrons. The molecule has 1 aliphatic heterocycles. The Balaban J connectivity index is 1.88. The van der Waals surface area contributed by atoms with Crippen LogP contribution in [0.3, 0.4) is 0 Å². The first kappa shape index (κ1) is 17.8. The Morgan fingerprint density at radius 1 is 1.26 bits per heavy atom. The number of halogens is 1. The van der Waals surface area contributed by atoms with E-state index in [-0.39, 0.29) is 23.9 Å². The van der Waals surface area contributed by atoms with E-state index in [1.807, 2.05) is 31.2 Å². The number of hydrogen-bond donors (Lipinski definition) is 1. The third-order valence-corrected chi connectivity index (χ3v) is 5.01. The molecule has 3 amide bonds. The van der Waals surface area contributed by atoms with Gasteiger partial charge in [-0.3, -0.25) is 4.79 Å². The average molecular weight is 382 g/mol. The Morgan fingerprint density at radius 3 is 2.43 bits per heavy atom. The van der Waals surface area contributed by atoms with E-state index in [0.717, 1.165) is 22.9 Å². The molecule has 1 aliphatic rings. The second-order valence-corrected chi connectivity index (χ2v) is 7.04. The van der Waals surface area contributed by atoms with Crippen LogP contribution in [0, 0.1) is 5.92 Å². The van der Waals surface area contributed by atoms with Gasteiger partial charge in [-0.25, -0.2) is 4.79 Å². The number of carbonyl (C=O) groups excluding carboxylic acids is 2. The summed E-state index contributed by atoms with van der Waals surface area (Å²) in [5.41, 5.74) is 1.05. The Labute approximate surface area is 146 Å². The van der Waals surface area contributed by atoms with Crippen LogP contribution in [0.1, 0.15) is 31.4 Å². The van der Waals surface area contributed by atoms with Gasteiger partial charge in [0.1, 0.15) is 0 Å². The lowest BCUT2D eigenvalue weighted by Crippen LogP contribution is -2.47. The van der Waals surface area contributed by atoms with E-state index >= 15 is 0 Å². The van der Waals surface area contributed by atoms with Crippen molar-refractivity contribution < 1.29 is 9.59 Å². The lowest BCUT2D eigenvalue weighted by atomic mass is 9.96. The molecule has 5 nitrogen and oxygen atoms in total. The number of urea groups is 1. The monoisotopic (exact) mass is 381 g/mol. The number of nitrogens with zero attached hydrogens (tertiary/aromatic N) is 2. The molecule has 1 fully saturated rings. The van der Waals surface area contributed by atoms with E-state index in [2.05, 4.69) is 21.2 Å². The van der Waals surface area contributed by atoms with Crippen molar-refractivity contribution >= 4 is 27.9 Å². The van der Waals surface area contributed by atoms with E-state index in [1.54, 1.807) is 23.9 Å².